The van der Waals surface area contributed by atoms with E-state index in [-0.39, 0.29) is 11.6 Å². The Morgan fingerprint density at radius 2 is 1.09 bits per heavy atom. The third kappa shape index (κ3) is 5.63. The summed E-state index contributed by atoms with van der Waals surface area (Å²) >= 11 is 0. The molecule has 120 valence electrons. The Morgan fingerprint density at radius 3 is 1.27 bits per heavy atom. The van der Waals surface area contributed by atoms with Crippen LogP contribution in [0.4, 0.5) is 0 Å². The second-order valence-electron chi connectivity index (χ2n) is 5.55. The number of Topliss-reactive ketones (excluding diaryl/α,β-unsaturated/α-hetero) is 2. The van der Waals surface area contributed by atoms with Crippen LogP contribution in [0.15, 0.2) is 0 Å². The van der Waals surface area contributed by atoms with Gasteiger partial charge in [-0.3, -0.25) is 9.59 Å². The minimum absolute atomic E-state index is 0.152. The van der Waals surface area contributed by atoms with Crippen LogP contribution in [0, 0.1) is 27.7 Å². The largest absolute Gasteiger partial charge is 0.346 e. The molecule has 6 nitrogen and oxygen atoms in total. The molecule has 0 atom stereocenters. The molecule has 0 bridgehead atoms. The van der Waals surface area contributed by atoms with E-state index in [4.69, 9.17) is 0 Å². The number of hydrogen-bond donors (Lipinski definition) is 2. The van der Waals surface area contributed by atoms with E-state index in [1.807, 2.05) is 27.7 Å². The molecule has 2 aromatic rings. The number of H-pyrrole nitrogens is 2. The summed E-state index contributed by atoms with van der Waals surface area (Å²) in [5.41, 5.74) is 3.74. The molecule has 0 unspecified atom stereocenters. The van der Waals surface area contributed by atoms with E-state index in [9.17, 15) is 9.59 Å². The summed E-state index contributed by atoms with van der Waals surface area (Å²) in [6.45, 7) is 10.8. The van der Waals surface area contributed by atoms with Crippen molar-refractivity contribution in [3.8, 4) is 0 Å². The predicted molar refractivity (Wildman–Crippen MR) is 84.9 cm³/mol. The monoisotopic (exact) mass is 304 g/mol. The van der Waals surface area contributed by atoms with Crippen LogP contribution >= 0.6 is 0 Å². The standard InChI is InChI=1S/2C8H12N2O/c2*1-5(11)4-8-6(2)9-7(3)10-8/h2*4H2,1-3H3,(H,9,10). The molecule has 0 spiro atoms. The van der Waals surface area contributed by atoms with Crippen molar-refractivity contribution in [1.82, 2.24) is 19.9 Å². The molecule has 0 aromatic carbocycles. The van der Waals surface area contributed by atoms with Crippen LogP contribution in [-0.4, -0.2) is 31.5 Å². The van der Waals surface area contributed by atoms with Crippen LogP contribution in [-0.2, 0) is 22.4 Å². The first-order valence-electron chi connectivity index (χ1n) is 7.22. The second kappa shape index (κ2) is 7.68. The molecule has 2 aromatic heterocycles. The molecule has 2 rings (SSSR count). The van der Waals surface area contributed by atoms with E-state index in [2.05, 4.69) is 19.9 Å². The van der Waals surface area contributed by atoms with Gasteiger partial charge in [0.2, 0.25) is 0 Å². The molecular weight excluding hydrogens is 280 g/mol. The van der Waals surface area contributed by atoms with E-state index in [0.717, 1.165) is 34.4 Å². The van der Waals surface area contributed by atoms with Crippen LogP contribution in [0.2, 0.25) is 0 Å². The van der Waals surface area contributed by atoms with E-state index in [0.29, 0.717) is 12.8 Å². The first kappa shape index (κ1) is 17.8. The molecular formula is C16H24N4O2. The molecule has 6 heteroatoms. The number of nitrogens with zero attached hydrogens (tertiary/aromatic N) is 2. The fourth-order valence-electron chi connectivity index (χ4n) is 2.13. The zero-order valence-corrected chi connectivity index (χ0v) is 14.1. The second-order valence-corrected chi connectivity index (χ2v) is 5.55. The average molecular weight is 304 g/mol. The zero-order valence-electron chi connectivity index (χ0n) is 14.1. The highest BCUT2D eigenvalue weighted by atomic mass is 16.1. The Hall–Kier alpha value is -2.24. The van der Waals surface area contributed by atoms with Crippen molar-refractivity contribution >= 4 is 11.6 Å². The Bertz CT molecular complexity index is 609. The Morgan fingerprint density at radius 1 is 0.773 bits per heavy atom. The van der Waals surface area contributed by atoms with Gasteiger partial charge in [-0.05, 0) is 41.5 Å². The van der Waals surface area contributed by atoms with Gasteiger partial charge in [0.15, 0.2) is 0 Å². The maximum absolute atomic E-state index is 10.7. The van der Waals surface area contributed by atoms with E-state index in [1.54, 1.807) is 13.8 Å². The van der Waals surface area contributed by atoms with Gasteiger partial charge in [-0.25, -0.2) is 9.97 Å². The molecule has 0 aliphatic heterocycles. The van der Waals surface area contributed by atoms with Crippen LogP contribution in [0.3, 0.4) is 0 Å². The fraction of sp³-hybridized carbons (Fsp3) is 0.500. The number of aromatic nitrogens is 4. The number of aromatic amines is 2. The Balaban J connectivity index is 0.000000220. The van der Waals surface area contributed by atoms with Crippen molar-refractivity contribution < 1.29 is 9.59 Å². The van der Waals surface area contributed by atoms with Crippen LogP contribution < -0.4 is 0 Å². The predicted octanol–water partition coefficient (Wildman–Crippen LogP) is 2.32. The fourth-order valence-corrected chi connectivity index (χ4v) is 2.13. The van der Waals surface area contributed by atoms with Gasteiger partial charge in [-0.2, -0.15) is 0 Å². The lowest BCUT2D eigenvalue weighted by molar-refractivity contribution is -0.117. The highest BCUT2D eigenvalue weighted by molar-refractivity contribution is 5.78. The summed E-state index contributed by atoms with van der Waals surface area (Å²) < 4.78 is 0. The number of carbonyl (C=O) groups excluding carboxylic acids is 2. The summed E-state index contributed by atoms with van der Waals surface area (Å²) in [5, 5.41) is 0. The van der Waals surface area contributed by atoms with Crippen LogP contribution in [0.1, 0.15) is 48.3 Å². The number of ketones is 2. The molecule has 0 saturated carbocycles. The van der Waals surface area contributed by atoms with Crippen molar-refractivity contribution in [3.63, 3.8) is 0 Å². The highest BCUT2D eigenvalue weighted by Gasteiger charge is 2.06. The topological polar surface area (TPSA) is 91.5 Å². The minimum atomic E-state index is 0.152. The number of aryl methyl sites for hydroxylation is 4. The lowest BCUT2D eigenvalue weighted by Gasteiger charge is -1.90. The van der Waals surface area contributed by atoms with Crippen molar-refractivity contribution in [2.24, 2.45) is 0 Å². The molecule has 0 radical (unpaired) electrons. The van der Waals surface area contributed by atoms with Crippen molar-refractivity contribution in [3.05, 3.63) is 34.4 Å². The van der Waals surface area contributed by atoms with E-state index in [1.165, 1.54) is 0 Å². The number of carbonyl (C=O) groups is 2. The van der Waals surface area contributed by atoms with Gasteiger partial charge in [-0.1, -0.05) is 0 Å². The number of hydrogen-bond acceptors (Lipinski definition) is 4. The molecule has 2 N–H and O–H groups in total. The quantitative estimate of drug-likeness (QED) is 0.906. The summed E-state index contributed by atoms with van der Waals surface area (Å²) in [5.74, 6) is 2.05. The van der Waals surface area contributed by atoms with Crippen LogP contribution in [0.25, 0.3) is 0 Å². The minimum Gasteiger partial charge on any atom is -0.346 e. The first-order valence-corrected chi connectivity index (χ1v) is 7.22. The molecule has 0 amide bonds. The normalized spacial score (nSPS) is 10.1. The van der Waals surface area contributed by atoms with Crippen LogP contribution in [0.5, 0.6) is 0 Å². The van der Waals surface area contributed by atoms with Gasteiger partial charge in [0, 0.05) is 11.4 Å². The summed E-state index contributed by atoms with van der Waals surface area (Å²) in [6, 6.07) is 0. The number of nitrogens with one attached hydrogen (secondary N) is 2. The first-order chi connectivity index (χ1) is 10.2. The highest BCUT2D eigenvalue weighted by Crippen LogP contribution is 2.05. The van der Waals surface area contributed by atoms with Crippen molar-refractivity contribution in [2.75, 3.05) is 0 Å². The molecule has 0 aliphatic carbocycles. The molecule has 0 fully saturated rings. The molecule has 22 heavy (non-hydrogen) atoms. The van der Waals surface area contributed by atoms with Crippen molar-refractivity contribution in [2.45, 2.75) is 54.4 Å². The van der Waals surface area contributed by atoms with E-state index >= 15 is 0 Å². The summed E-state index contributed by atoms with van der Waals surface area (Å²) in [6.07, 6.45) is 0.881. The van der Waals surface area contributed by atoms with Crippen molar-refractivity contribution in [1.29, 1.82) is 0 Å². The summed E-state index contributed by atoms with van der Waals surface area (Å²) in [7, 11) is 0. The van der Waals surface area contributed by atoms with Gasteiger partial charge >= 0.3 is 0 Å². The van der Waals surface area contributed by atoms with Gasteiger partial charge in [0.25, 0.3) is 0 Å². The maximum Gasteiger partial charge on any atom is 0.135 e. The Labute approximate surface area is 130 Å². The maximum atomic E-state index is 10.7. The summed E-state index contributed by atoms with van der Waals surface area (Å²) in [4.78, 5) is 35.9. The van der Waals surface area contributed by atoms with Gasteiger partial charge in [0.1, 0.15) is 23.2 Å². The Kier molecular flexibility index (Phi) is 6.22. The third-order valence-corrected chi connectivity index (χ3v) is 3.04. The average Bonchev–Trinajstić information content (AvgIpc) is 2.81. The zero-order chi connectivity index (χ0) is 16.9. The molecule has 2 heterocycles. The lowest BCUT2D eigenvalue weighted by Crippen LogP contribution is -1.98. The number of imidazole rings is 2. The van der Waals surface area contributed by atoms with Gasteiger partial charge in [-0.15, -0.1) is 0 Å². The third-order valence-electron chi connectivity index (χ3n) is 3.04. The SMILES string of the molecule is CC(=O)Cc1nc(C)[nH]c1C.CC(=O)Cc1nc(C)[nH]c1C. The molecule has 0 aliphatic rings. The van der Waals surface area contributed by atoms with Gasteiger partial charge < -0.3 is 9.97 Å². The van der Waals surface area contributed by atoms with E-state index < -0.39 is 0 Å². The smallest absolute Gasteiger partial charge is 0.135 e. The lowest BCUT2D eigenvalue weighted by atomic mass is 10.2. The van der Waals surface area contributed by atoms with Gasteiger partial charge in [0.05, 0.1) is 24.2 Å². The number of rotatable bonds is 4. The molecule has 0 saturated heterocycles.